The van der Waals surface area contributed by atoms with Crippen LogP contribution in [0.1, 0.15) is 90.9 Å². The van der Waals surface area contributed by atoms with Gasteiger partial charge in [0.25, 0.3) is 0 Å². The van der Waals surface area contributed by atoms with Crippen molar-refractivity contribution >= 4 is 0 Å². The highest BCUT2D eigenvalue weighted by molar-refractivity contribution is 4.77. The molecule has 2 saturated carbocycles. The molecule has 0 amide bonds. The first-order valence-corrected chi connectivity index (χ1v) is 8.97. The zero-order valence-electron chi connectivity index (χ0n) is 13.2. The van der Waals surface area contributed by atoms with Crippen molar-refractivity contribution < 1.29 is 4.74 Å². The van der Waals surface area contributed by atoms with Crippen LogP contribution in [0.25, 0.3) is 0 Å². The lowest BCUT2D eigenvalue weighted by Crippen LogP contribution is -2.29. The van der Waals surface area contributed by atoms with E-state index in [-0.39, 0.29) is 0 Å². The number of hydrogen-bond acceptors (Lipinski definition) is 1. The summed E-state index contributed by atoms with van der Waals surface area (Å²) in [4.78, 5) is 0. The van der Waals surface area contributed by atoms with E-state index in [1.54, 1.807) is 0 Å². The molecule has 0 saturated heterocycles. The Balaban J connectivity index is 1.61. The third-order valence-corrected chi connectivity index (χ3v) is 5.37. The highest BCUT2D eigenvalue weighted by atomic mass is 16.5. The highest BCUT2D eigenvalue weighted by Crippen LogP contribution is 2.34. The Morgan fingerprint density at radius 3 is 1.32 bits per heavy atom. The van der Waals surface area contributed by atoms with Gasteiger partial charge in [0.2, 0.25) is 0 Å². The summed E-state index contributed by atoms with van der Waals surface area (Å²) in [7, 11) is 0. The van der Waals surface area contributed by atoms with Gasteiger partial charge in [0, 0.05) is 0 Å². The standard InChI is InChI=1S/C18H34O/c1-3-5-15-7-11-17(12-8-15)19-18-13-9-16(6-4-2)10-14-18/h15-18H,3-14H2,1-2H3. The van der Waals surface area contributed by atoms with Crippen molar-refractivity contribution in [1.29, 1.82) is 0 Å². The minimum atomic E-state index is 0.598. The Bertz CT molecular complexity index is 198. The van der Waals surface area contributed by atoms with Crippen molar-refractivity contribution in [2.75, 3.05) is 0 Å². The average Bonchev–Trinajstić information content (AvgIpc) is 2.44. The largest absolute Gasteiger partial charge is 0.375 e. The van der Waals surface area contributed by atoms with Crippen molar-refractivity contribution in [2.24, 2.45) is 11.8 Å². The molecule has 0 radical (unpaired) electrons. The van der Waals surface area contributed by atoms with Crippen molar-refractivity contribution in [2.45, 2.75) is 103 Å². The molecule has 0 unspecified atom stereocenters. The van der Waals surface area contributed by atoms with Crippen LogP contribution < -0.4 is 0 Å². The van der Waals surface area contributed by atoms with Gasteiger partial charge in [0.05, 0.1) is 12.2 Å². The van der Waals surface area contributed by atoms with Crippen molar-refractivity contribution in [3.05, 3.63) is 0 Å². The fourth-order valence-electron chi connectivity index (χ4n) is 4.20. The predicted octanol–water partition coefficient (Wildman–Crippen LogP) is 5.72. The first-order chi connectivity index (χ1) is 9.31. The third-order valence-electron chi connectivity index (χ3n) is 5.37. The van der Waals surface area contributed by atoms with Gasteiger partial charge in [-0.2, -0.15) is 0 Å². The summed E-state index contributed by atoms with van der Waals surface area (Å²) >= 11 is 0. The van der Waals surface area contributed by atoms with E-state index in [1.807, 2.05) is 0 Å². The molecule has 0 atom stereocenters. The maximum Gasteiger partial charge on any atom is 0.0579 e. The smallest absolute Gasteiger partial charge is 0.0579 e. The first kappa shape index (κ1) is 15.4. The Labute approximate surface area is 120 Å². The van der Waals surface area contributed by atoms with Crippen LogP contribution in [0, 0.1) is 11.8 Å². The van der Waals surface area contributed by atoms with Gasteiger partial charge >= 0.3 is 0 Å². The van der Waals surface area contributed by atoms with E-state index in [9.17, 15) is 0 Å². The van der Waals surface area contributed by atoms with Crippen LogP contribution in [-0.2, 0) is 4.74 Å². The second-order valence-corrected chi connectivity index (χ2v) is 7.00. The van der Waals surface area contributed by atoms with Gasteiger partial charge in [0.15, 0.2) is 0 Å². The normalized spacial score (nSPS) is 36.3. The molecule has 1 nitrogen and oxygen atoms in total. The zero-order valence-corrected chi connectivity index (χ0v) is 13.2. The van der Waals surface area contributed by atoms with E-state index < -0.39 is 0 Å². The summed E-state index contributed by atoms with van der Waals surface area (Å²) in [5, 5.41) is 0. The summed E-state index contributed by atoms with van der Waals surface area (Å²) in [6.45, 7) is 4.63. The Kier molecular flexibility index (Phi) is 6.70. The van der Waals surface area contributed by atoms with E-state index in [0.717, 1.165) is 11.8 Å². The molecule has 2 aliphatic carbocycles. The second kappa shape index (κ2) is 8.29. The van der Waals surface area contributed by atoms with Gasteiger partial charge in [-0.1, -0.05) is 39.5 Å². The van der Waals surface area contributed by atoms with Crippen LogP contribution in [0.5, 0.6) is 0 Å². The van der Waals surface area contributed by atoms with Crippen molar-refractivity contribution in [3.63, 3.8) is 0 Å². The molecule has 0 aromatic rings. The molecule has 19 heavy (non-hydrogen) atoms. The molecular weight excluding hydrogens is 232 g/mol. The maximum absolute atomic E-state index is 6.39. The molecule has 2 aliphatic rings. The topological polar surface area (TPSA) is 9.23 Å². The summed E-state index contributed by atoms with van der Waals surface area (Å²) < 4.78 is 6.39. The van der Waals surface area contributed by atoms with Gasteiger partial charge in [-0.25, -0.2) is 0 Å². The minimum absolute atomic E-state index is 0.598. The summed E-state index contributed by atoms with van der Waals surface area (Å²) in [5.41, 5.74) is 0. The van der Waals surface area contributed by atoms with E-state index in [4.69, 9.17) is 4.74 Å². The highest BCUT2D eigenvalue weighted by Gasteiger charge is 2.26. The third kappa shape index (κ3) is 5.10. The lowest BCUT2D eigenvalue weighted by Gasteiger charge is -2.34. The Morgan fingerprint density at radius 1 is 0.632 bits per heavy atom. The van der Waals surface area contributed by atoms with Crippen LogP contribution >= 0.6 is 0 Å². The number of hydrogen-bond donors (Lipinski definition) is 0. The summed E-state index contributed by atoms with van der Waals surface area (Å²) in [6.07, 6.45) is 17.8. The van der Waals surface area contributed by atoms with E-state index in [0.29, 0.717) is 12.2 Å². The molecule has 0 aromatic heterocycles. The van der Waals surface area contributed by atoms with E-state index in [1.165, 1.54) is 77.0 Å². The van der Waals surface area contributed by atoms with Crippen LogP contribution in [-0.4, -0.2) is 12.2 Å². The fraction of sp³-hybridized carbons (Fsp3) is 1.00. The quantitative estimate of drug-likeness (QED) is 0.597. The molecule has 0 spiro atoms. The SMILES string of the molecule is CCCC1CCC(OC2CCC(CCC)CC2)CC1. The minimum Gasteiger partial charge on any atom is -0.375 e. The van der Waals surface area contributed by atoms with Crippen molar-refractivity contribution in [1.82, 2.24) is 0 Å². The molecule has 0 aromatic carbocycles. The zero-order chi connectivity index (χ0) is 13.5. The molecular formula is C18H34O. The number of ether oxygens (including phenoxy) is 1. The molecule has 0 bridgehead atoms. The molecule has 2 rings (SSSR count). The van der Waals surface area contributed by atoms with E-state index >= 15 is 0 Å². The lowest BCUT2D eigenvalue weighted by molar-refractivity contribution is -0.0571. The number of rotatable bonds is 6. The fourth-order valence-corrected chi connectivity index (χ4v) is 4.20. The Hall–Kier alpha value is -0.0400. The molecule has 0 aliphatic heterocycles. The van der Waals surface area contributed by atoms with Crippen LogP contribution in [0.2, 0.25) is 0 Å². The Morgan fingerprint density at radius 2 is 1.00 bits per heavy atom. The molecule has 0 heterocycles. The van der Waals surface area contributed by atoms with Gasteiger partial charge in [0.1, 0.15) is 0 Å². The van der Waals surface area contributed by atoms with Crippen molar-refractivity contribution in [3.8, 4) is 0 Å². The van der Waals surface area contributed by atoms with Gasteiger partial charge in [-0.05, 0) is 63.2 Å². The monoisotopic (exact) mass is 266 g/mol. The van der Waals surface area contributed by atoms with Crippen LogP contribution in [0.4, 0.5) is 0 Å². The summed E-state index contributed by atoms with van der Waals surface area (Å²) in [5.74, 6) is 2.01. The molecule has 112 valence electrons. The van der Waals surface area contributed by atoms with E-state index in [2.05, 4.69) is 13.8 Å². The predicted molar refractivity (Wildman–Crippen MR) is 82.4 cm³/mol. The maximum atomic E-state index is 6.39. The van der Waals surface area contributed by atoms with Gasteiger partial charge in [-0.3, -0.25) is 0 Å². The lowest BCUT2D eigenvalue weighted by atomic mass is 9.83. The van der Waals surface area contributed by atoms with Gasteiger partial charge < -0.3 is 4.74 Å². The second-order valence-electron chi connectivity index (χ2n) is 7.00. The van der Waals surface area contributed by atoms with Crippen LogP contribution in [0.3, 0.4) is 0 Å². The molecule has 2 fully saturated rings. The van der Waals surface area contributed by atoms with Crippen LogP contribution in [0.15, 0.2) is 0 Å². The molecule has 0 N–H and O–H groups in total. The molecule has 1 heteroatoms. The average molecular weight is 266 g/mol. The summed E-state index contributed by atoms with van der Waals surface area (Å²) in [6, 6.07) is 0. The van der Waals surface area contributed by atoms with Gasteiger partial charge in [-0.15, -0.1) is 0 Å². The first-order valence-electron chi connectivity index (χ1n) is 8.97.